The van der Waals surface area contributed by atoms with E-state index in [0.717, 1.165) is 109 Å². The van der Waals surface area contributed by atoms with Crippen molar-refractivity contribution in [3.63, 3.8) is 0 Å². The zero-order chi connectivity index (χ0) is 52.9. The molecular weight excluding hydrogens is 901 g/mol. The number of ether oxygens (including phenoxy) is 3. The van der Waals surface area contributed by atoms with E-state index in [2.05, 4.69) is 106 Å². The van der Waals surface area contributed by atoms with Gasteiger partial charge in [-0.1, -0.05) is 254 Å². The van der Waals surface area contributed by atoms with Gasteiger partial charge in [0.05, 0.1) is 0 Å². The van der Waals surface area contributed by atoms with E-state index in [1.807, 2.05) is 0 Å². The highest BCUT2D eigenvalue weighted by molar-refractivity contribution is 5.71. The largest absolute Gasteiger partial charge is 0.462 e. The highest BCUT2D eigenvalue weighted by Gasteiger charge is 2.19. The van der Waals surface area contributed by atoms with E-state index < -0.39 is 6.10 Å². The van der Waals surface area contributed by atoms with Crippen molar-refractivity contribution in [1.29, 1.82) is 0 Å². The van der Waals surface area contributed by atoms with Gasteiger partial charge in [-0.2, -0.15) is 0 Å². The molecule has 0 bridgehead atoms. The lowest BCUT2D eigenvalue weighted by Gasteiger charge is -2.18. The minimum atomic E-state index is -0.785. The van der Waals surface area contributed by atoms with E-state index in [4.69, 9.17) is 14.2 Å². The molecule has 1 unspecified atom stereocenters. The molecule has 6 nitrogen and oxygen atoms in total. The summed E-state index contributed by atoms with van der Waals surface area (Å²) in [4.78, 5) is 38.2. The first kappa shape index (κ1) is 69.6. The smallest absolute Gasteiger partial charge is 0.306 e. The number of unbranched alkanes of at least 4 members (excludes halogenated alkanes) is 31. The van der Waals surface area contributed by atoms with E-state index in [9.17, 15) is 14.4 Å². The van der Waals surface area contributed by atoms with Crippen LogP contribution in [0.4, 0.5) is 0 Å². The fourth-order valence-corrected chi connectivity index (χ4v) is 8.69. The summed E-state index contributed by atoms with van der Waals surface area (Å²) < 4.78 is 16.9. The Hall–Kier alpha value is -3.41. The summed E-state index contributed by atoms with van der Waals surface area (Å²) in [5.41, 5.74) is 0. The second-order valence-electron chi connectivity index (χ2n) is 20.6. The summed E-state index contributed by atoms with van der Waals surface area (Å²) in [6.07, 6.45) is 80.1. The Morgan fingerprint density at radius 3 is 0.863 bits per heavy atom. The first-order valence-corrected chi connectivity index (χ1v) is 31.1. The number of hydrogen-bond acceptors (Lipinski definition) is 6. The van der Waals surface area contributed by atoms with Crippen LogP contribution < -0.4 is 0 Å². The topological polar surface area (TPSA) is 78.9 Å². The molecule has 1 atom stereocenters. The Morgan fingerprint density at radius 1 is 0.288 bits per heavy atom. The molecule has 0 aromatic heterocycles. The Labute approximate surface area is 452 Å². The highest BCUT2D eigenvalue weighted by atomic mass is 16.6. The minimum absolute atomic E-state index is 0.0825. The summed E-state index contributed by atoms with van der Waals surface area (Å²) in [7, 11) is 0. The number of carbonyl (C=O) groups is 3. The third-order valence-electron chi connectivity index (χ3n) is 13.4. The normalized spacial score (nSPS) is 12.6. The van der Waals surface area contributed by atoms with Gasteiger partial charge < -0.3 is 14.2 Å². The number of rotatable bonds is 56. The molecule has 0 aliphatic carbocycles. The second-order valence-corrected chi connectivity index (χ2v) is 20.6. The fraction of sp³-hybridized carbons (Fsp3) is 0.746. The van der Waals surface area contributed by atoms with Gasteiger partial charge in [0, 0.05) is 19.3 Å². The molecule has 0 saturated heterocycles. The van der Waals surface area contributed by atoms with Gasteiger partial charge in [0.25, 0.3) is 0 Å². The Morgan fingerprint density at radius 2 is 0.534 bits per heavy atom. The van der Waals surface area contributed by atoms with Crippen LogP contribution in [0.3, 0.4) is 0 Å². The molecule has 0 radical (unpaired) electrons. The van der Waals surface area contributed by atoms with Gasteiger partial charge in [-0.15, -0.1) is 0 Å². The number of hydrogen-bond donors (Lipinski definition) is 0. The molecule has 420 valence electrons. The monoisotopic (exact) mass is 1020 g/mol. The number of carbonyl (C=O) groups excluding carboxylic acids is 3. The van der Waals surface area contributed by atoms with Crippen molar-refractivity contribution in [1.82, 2.24) is 0 Å². The van der Waals surface area contributed by atoms with Crippen LogP contribution in [0.1, 0.15) is 303 Å². The fourth-order valence-electron chi connectivity index (χ4n) is 8.69. The molecule has 6 heteroatoms. The Balaban J connectivity index is 4.28. The maximum absolute atomic E-state index is 12.9. The van der Waals surface area contributed by atoms with Crippen LogP contribution in [0, 0.1) is 0 Å². The van der Waals surface area contributed by atoms with Gasteiger partial charge in [-0.3, -0.25) is 14.4 Å². The standard InChI is InChI=1S/C67H116O6/c1-4-7-10-13-16-19-22-25-27-28-29-30-31-32-33-34-35-36-37-38-40-42-45-48-51-54-57-60-66(69)72-63-64(62-71-65(68)59-56-53-50-47-44-41-24-21-18-15-12-9-6-3)73-67(70)61-58-55-52-49-46-43-39-26-23-20-17-14-11-8-5-2/h7,10,16,19,21,24-27,29-30,32-33,39,64H,4-6,8-9,11-15,17-18,20,22-23,28,31,34-38,40-63H2,1-3H3/b10-7-,19-16-,24-21-,27-25-,30-29-,33-32-,39-26-. The SMILES string of the molecule is CC/C=C\C/C=C\C/C=C\C/C=C\C/C=C\CCCCCCCCCCCCCC(=O)OCC(COC(=O)CCCCCCC/C=C\CCCCCC)OC(=O)CCCCCCC/C=C\CCCCCCCC. The summed E-state index contributed by atoms with van der Waals surface area (Å²) in [6.45, 7) is 6.51. The molecule has 0 fully saturated rings. The van der Waals surface area contributed by atoms with E-state index in [0.29, 0.717) is 19.3 Å². The lowest BCUT2D eigenvalue weighted by molar-refractivity contribution is -0.167. The molecule has 0 heterocycles. The van der Waals surface area contributed by atoms with E-state index in [1.54, 1.807) is 0 Å². The van der Waals surface area contributed by atoms with Gasteiger partial charge in [0.2, 0.25) is 0 Å². The van der Waals surface area contributed by atoms with Crippen molar-refractivity contribution >= 4 is 17.9 Å². The highest BCUT2D eigenvalue weighted by Crippen LogP contribution is 2.16. The average Bonchev–Trinajstić information content (AvgIpc) is 3.39. The van der Waals surface area contributed by atoms with Crippen LogP contribution in [0.2, 0.25) is 0 Å². The summed E-state index contributed by atoms with van der Waals surface area (Å²) in [6, 6.07) is 0. The molecule has 0 amide bonds. The maximum atomic E-state index is 12.9. The summed E-state index contributed by atoms with van der Waals surface area (Å²) in [5.74, 6) is -0.893. The Bertz CT molecular complexity index is 1400. The van der Waals surface area contributed by atoms with Crippen molar-refractivity contribution in [2.24, 2.45) is 0 Å². The van der Waals surface area contributed by atoms with Crippen LogP contribution in [0.15, 0.2) is 85.1 Å². The van der Waals surface area contributed by atoms with E-state index in [-0.39, 0.29) is 31.1 Å². The summed E-state index contributed by atoms with van der Waals surface area (Å²) in [5, 5.41) is 0. The van der Waals surface area contributed by atoms with Gasteiger partial charge in [-0.25, -0.2) is 0 Å². The number of allylic oxidation sites excluding steroid dienone is 14. The Kier molecular flexibility index (Phi) is 58.3. The van der Waals surface area contributed by atoms with Crippen LogP contribution in [0.5, 0.6) is 0 Å². The molecule has 0 rings (SSSR count). The molecule has 0 aromatic rings. The second kappa shape index (κ2) is 61.1. The van der Waals surface area contributed by atoms with Crippen LogP contribution in [-0.2, 0) is 28.6 Å². The predicted octanol–water partition coefficient (Wildman–Crippen LogP) is 21.1. The maximum Gasteiger partial charge on any atom is 0.306 e. The van der Waals surface area contributed by atoms with Gasteiger partial charge in [0.1, 0.15) is 13.2 Å². The van der Waals surface area contributed by atoms with E-state index in [1.165, 1.54) is 154 Å². The molecular formula is C67H116O6. The van der Waals surface area contributed by atoms with Crippen molar-refractivity contribution in [2.45, 2.75) is 309 Å². The lowest BCUT2D eigenvalue weighted by atomic mass is 10.0. The quantitative estimate of drug-likeness (QED) is 0.0261. The van der Waals surface area contributed by atoms with Gasteiger partial charge in [0.15, 0.2) is 6.10 Å². The van der Waals surface area contributed by atoms with Gasteiger partial charge in [-0.05, 0) is 116 Å². The van der Waals surface area contributed by atoms with Crippen LogP contribution in [-0.4, -0.2) is 37.2 Å². The third-order valence-corrected chi connectivity index (χ3v) is 13.4. The van der Waals surface area contributed by atoms with Crippen molar-refractivity contribution in [3.8, 4) is 0 Å². The number of esters is 3. The lowest BCUT2D eigenvalue weighted by Crippen LogP contribution is -2.30. The van der Waals surface area contributed by atoms with Gasteiger partial charge >= 0.3 is 17.9 Å². The average molecular weight is 1020 g/mol. The molecule has 0 spiro atoms. The first-order valence-electron chi connectivity index (χ1n) is 31.1. The molecule has 0 saturated carbocycles. The zero-order valence-corrected chi connectivity index (χ0v) is 48.1. The zero-order valence-electron chi connectivity index (χ0n) is 48.1. The molecule has 0 N–H and O–H groups in total. The third kappa shape index (κ3) is 59.3. The summed E-state index contributed by atoms with van der Waals surface area (Å²) >= 11 is 0. The molecule has 0 aliphatic heterocycles. The predicted molar refractivity (Wildman–Crippen MR) is 316 cm³/mol. The van der Waals surface area contributed by atoms with Crippen LogP contribution >= 0.6 is 0 Å². The molecule has 0 aromatic carbocycles. The van der Waals surface area contributed by atoms with Crippen molar-refractivity contribution < 1.29 is 28.6 Å². The molecule has 0 aliphatic rings. The van der Waals surface area contributed by atoms with Crippen molar-refractivity contribution in [2.75, 3.05) is 13.2 Å². The minimum Gasteiger partial charge on any atom is -0.462 e. The first-order chi connectivity index (χ1) is 36.0. The van der Waals surface area contributed by atoms with Crippen molar-refractivity contribution in [3.05, 3.63) is 85.1 Å². The molecule has 73 heavy (non-hydrogen) atoms. The van der Waals surface area contributed by atoms with E-state index >= 15 is 0 Å². The van der Waals surface area contributed by atoms with Crippen LogP contribution in [0.25, 0.3) is 0 Å².